The molecule has 9 heteroatoms. The summed E-state index contributed by atoms with van der Waals surface area (Å²) in [5.74, 6) is -1.75. The lowest BCUT2D eigenvalue weighted by Gasteiger charge is -2.16. The Balaban J connectivity index is 1.91. The maximum absolute atomic E-state index is 12.6. The normalized spacial score (nSPS) is 18.5. The molecule has 1 amide bonds. The van der Waals surface area contributed by atoms with Gasteiger partial charge in [-0.25, -0.2) is 0 Å². The van der Waals surface area contributed by atoms with Crippen molar-refractivity contribution in [1.29, 1.82) is 0 Å². The van der Waals surface area contributed by atoms with E-state index in [0.29, 0.717) is 11.3 Å². The maximum Gasteiger partial charge on any atom is 0.247 e. The number of phenols is 2. The molecule has 0 aliphatic carbocycles. The summed E-state index contributed by atoms with van der Waals surface area (Å²) in [5, 5.41) is 37.3. The van der Waals surface area contributed by atoms with E-state index < -0.39 is 23.5 Å². The molecule has 0 unspecified atom stereocenters. The fourth-order valence-corrected chi connectivity index (χ4v) is 3.47. The Hall–Kier alpha value is -3.33. The first kappa shape index (κ1) is 18.5. The number of thioether (sulfide) groups is 1. The third kappa shape index (κ3) is 4.26. The zero-order valence-corrected chi connectivity index (χ0v) is 14.7. The summed E-state index contributed by atoms with van der Waals surface area (Å²) in [5.41, 5.74) is 0.862. The topological polar surface area (TPSA) is 126 Å². The van der Waals surface area contributed by atoms with E-state index in [-0.39, 0.29) is 16.7 Å². The molecule has 1 aliphatic rings. The number of anilines is 1. The Labute approximate surface area is 158 Å². The van der Waals surface area contributed by atoms with E-state index in [9.17, 15) is 24.9 Å². The molecule has 1 saturated heterocycles. The maximum atomic E-state index is 12.6. The minimum atomic E-state index is -1.34. The zero-order chi connectivity index (χ0) is 19.4. The number of carboxylic acids is 1. The van der Waals surface area contributed by atoms with Crippen molar-refractivity contribution in [1.82, 2.24) is 0 Å². The average molecular weight is 384 g/mol. The molecule has 138 valence electrons. The standard InChI is InChI=1S/C18H15N3O5S/c22-13-7-5-12(6-8-13)21-17(26)15(9-16(24)25)27-18(21)20-19-10-11-3-1-2-4-14(11)23/h1-8,10,15,22-23H,9H2,(H,24,25)/p-1/b19-10+,20-18-/t15-/m0/s1. The van der Waals surface area contributed by atoms with Crippen LogP contribution in [0.5, 0.6) is 11.5 Å². The van der Waals surface area contributed by atoms with Gasteiger partial charge in [0.25, 0.3) is 0 Å². The minimum Gasteiger partial charge on any atom is -0.550 e. The molecule has 0 bridgehead atoms. The number of carboxylic acid groups (broad SMARTS) is 1. The number of phenolic OH excluding ortho intramolecular Hbond substituents is 2. The molecular formula is C18H14N3O5S-. The van der Waals surface area contributed by atoms with Crippen LogP contribution < -0.4 is 10.0 Å². The molecule has 0 spiro atoms. The van der Waals surface area contributed by atoms with Crippen molar-refractivity contribution in [2.24, 2.45) is 10.2 Å². The molecule has 2 N–H and O–H groups in total. The van der Waals surface area contributed by atoms with Crippen molar-refractivity contribution in [2.75, 3.05) is 4.90 Å². The number of hydrogen-bond donors (Lipinski definition) is 2. The van der Waals surface area contributed by atoms with Crippen LogP contribution in [0, 0.1) is 0 Å². The molecule has 1 heterocycles. The van der Waals surface area contributed by atoms with Gasteiger partial charge in [0.15, 0.2) is 5.17 Å². The third-order valence-corrected chi connectivity index (χ3v) is 4.80. The van der Waals surface area contributed by atoms with E-state index in [4.69, 9.17) is 0 Å². The van der Waals surface area contributed by atoms with Crippen LogP contribution in [-0.2, 0) is 9.59 Å². The number of aliphatic carboxylic acids is 1. The highest BCUT2D eigenvalue weighted by Crippen LogP contribution is 2.34. The van der Waals surface area contributed by atoms with Crippen molar-refractivity contribution >= 4 is 40.7 Å². The summed E-state index contributed by atoms with van der Waals surface area (Å²) in [6.45, 7) is 0. The van der Waals surface area contributed by atoms with Gasteiger partial charge in [0.2, 0.25) is 5.91 Å². The number of aromatic hydroxyl groups is 2. The number of amidine groups is 1. The van der Waals surface area contributed by atoms with Gasteiger partial charge < -0.3 is 20.1 Å². The van der Waals surface area contributed by atoms with Crippen molar-refractivity contribution in [3.63, 3.8) is 0 Å². The van der Waals surface area contributed by atoms with E-state index in [1.807, 2.05) is 0 Å². The van der Waals surface area contributed by atoms with Crippen LogP contribution in [0.3, 0.4) is 0 Å². The van der Waals surface area contributed by atoms with Crippen LogP contribution in [0.1, 0.15) is 12.0 Å². The number of nitrogens with zero attached hydrogens (tertiary/aromatic N) is 3. The van der Waals surface area contributed by atoms with E-state index in [1.54, 1.807) is 18.2 Å². The number of rotatable bonds is 5. The largest absolute Gasteiger partial charge is 0.550 e. The lowest BCUT2D eigenvalue weighted by molar-refractivity contribution is -0.305. The Morgan fingerprint density at radius 3 is 2.56 bits per heavy atom. The summed E-state index contributed by atoms with van der Waals surface area (Å²) < 4.78 is 0. The molecular weight excluding hydrogens is 370 g/mol. The summed E-state index contributed by atoms with van der Waals surface area (Å²) >= 11 is 0.960. The Morgan fingerprint density at radius 2 is 1.89 bits per heavy atom. The van der Waals surface area contributed by atoms with Gasteiger partial charge in [0.1, 0.15) is 11.5 Å². The van der Waals surface area contributed by atoms with Gasteiger partial charge in [-0.15, -0.1) is 5.10 Å². The molecule has 2 aromatic carbocycles. The third-order valence-electron chi connectivity index (χ3n) is 3.67. The van der Waals surface area contributed by atoms with Gasteiger partial charge >= 0.3 is 0 Å². The number of hydrogen-bond acceptors (Lipinski definition) is 8. The van der Waals surface area contributed by atoms with Crippen LogP contribution >= 0.6 is 11.8 Å². The molecule has 2 aromatic rings. The molecule has 0 radical (unpaired) electrons. The molecule has 1 atom stereocenters. The quantitative estimate of drug-likeness (QED) is 0.587. The highest BCUT2D eigenvalue weighted by molar-refractivity contribution is 8.16. The number of amides is 1. The highest BCUT2D eigenvalue weighted by atomic mass is 32.2. The molecule has 8 nitrogen and oxygen atoms in total. The number of para-hydroxylation sites is 1. The Kier molecular flexibility index (Phi) is 5.41. The second-order valence-corrected chi connectivity index (χ2v) is 6.73. The van der Waals surface area contributed by atoms with Crippen LogP contribution in [0.25, 0.3) is 0 Å². The van der Waals surface area contributed by atoms with Crippen LogP contribution in [0.15, 0.2) is 58.7 Å². The lowest BCUT2D eigenvalue weighted by atomic mass is 10.2. The first-order valence-electron chi connectivity index (χ1n) is 7.84. The smallest absolute Gasteiger partial charge is 0.247 e. The first-order valence-corrected chi connectivity index (χ1v) is 8.72. The van der Waals surface area contributed by atoms with E-state index in [1.165, 1.54) is 41.4 Å². The summed E-state index contributed by atoms with van der Waals surface area (Å²) in [7, 11) is 0. The Morgan fingerprint density at radius 1 is 1.19 bits per heavy atom. The predicted octanol–water partition coefficient (Wildman–Crippen LogP) is 1.08. The van der Waals surface area contributed by atoms with E-state index in [0.717, 1.165) is 11.8 Å². The van der Waals surface area contributed by atoms with Gasteiger partial charge in [-0.3, -0.25) is 9.69 Å². The van der Waals surface area contributed by atoms with E-state index >= 15 is 0 Å². The minimum absolute atomic E-state index is 0.0281. The van der Waals surface area contributed by atoms with Crippen molar-refractivity contribution < 1.29 is 24.9 Å². The van der Waals surface area contributed by atoms with Crippen molar-refractivity contribution in [3.8, 4) is 11.5 Å². The fourth-order valence-electron chi connectivity index (χ4n) is 2.39. The van der Waals surface area contributed by atoms with Gasteiger partial charge in [-0.1, -0.05) is 23.9 Å². The number of carbonyl (C=O) groups is 2. The van der Waals surface area contributed by atoms with Crippen LogP contribution in [0.4, 0.5) is 5.69 Å². The van der Waals surface area contributed by atoms with Crippen molar-refractivity contribution in [3.05, 3.63) is 54.1 Å². The molecule has 0 saturated carbocycles. The average Bonchev–Trinajstić information content (AvgIpc) is 2.92. The molecule has 27 heavy (non-hydrogen) atoms. The van der Waals surface area contributed by atoms with E-state index in [2.05, 4.69) is 10.2 Å². The van der Waals surface area contributed by atoms with Gasteiger partial charge in [-0.2, -0.15) is 5.10 Å². The van der Waals surface area contributed by atoms with Gasteiger partial charge in [-0.05, 0) is 36.4 Å². The lowest BCUT2D eigenvalue weighted by Crippen LogP contribution is -2.35. The summed E-state index contributed by atoms with van der Waals surface area (Å²) in [6, 6.07) is 12.4. The zero-order valence-electron chi connectivity index (χ0n) is 13.8. The molecule has 0 aromatic heterocycles. The molecule has 1 fully saturated rings. The van der Waals surface area contributed by atoms with Gasteiger partial charge in [0, 0.05) is 18.0 Å². The SMILES string of the molecule is O=C([O-])C[C@@H]1S/C(=N\N=C\c2ccccc2O)N(c2ccc(O)cc2)C1=O. The fraction of sp³-hybridized carbons (Fsp3) is 0.111. The summed E-state index contributed by atoms with van der Waals surface area (Å²) in [4.78, 5) is 24.7. The second-order valence-electron chi connectivity index (χ2n) is 5.56. The van der Waals surface area contributed by atoms with Gasteiger partial charge in [0.05, 0.1) is 17.2 Å². The Bertz CT molecular complexity index is 927. The molecule has 3 rings (SSSR count). The van der Waals surface area contributed by atoms with Crippen molar-refractivity contribution in [2.45, 2.75) is 11.7 Å². The number of benzene rings is 2. The van der Waals surface area contributed by atoms with Crippen LogP contribution in [0.2, 0.25) is 0 Å². The monoisotopic (exact) mass is 384 g/mol. The molecule has 1 aliphatic heterocycles. The first-order chi connectivity index (χ1) is 13.0. The summed E-state index contributed by atoms with van der Waals surface area (Å²) in [6.07, 6.45) is 0.870. The van der Waals surface area contributed by atoms with Crippen LogP contribution in [-0.4, -0.2) is 38.7 Å². The highest BCUT2D eigenvalue weighted by Gasteiger charge is 2.39. The number of carbonyl (C=O) groups excluding carboxylic acids is 2. The predicted molar refractivity (Wildman–Crippen MR) is 99.7 cm³/mol. The second kappa shape index (κ2) is 7.92.